The second-order valence-corrected chi connectivity index (χ2v) is 13.1. The molecule has 8 atom stereocenters. The van der Waals surface area contributed by atoms with E-state index in [0.29, 0.717) is 30.0 Å². The molecule has 1 aromatic heterocycles. The predicted molar refractivity (Wildman–Crippen MR) is 165 cm³/mol. The molecule has 1 aromatic rings. The maximum absolute atomic E-state index is 11.4. The number of nitrogens with one attached hydrogen (secondary N) is 1. The highest BCUT2D eigenvalue weighted by molar-refractivity contribution is 5.26. The molecule has 222 valence electrons. The first-order chi connectivity index (χ1) is 18.8. The number of pyridine rings is 1. The maximum atomic E-state index is 11.4. The molecule has 4 heteroatoms. The third kappa shape index (κ3) is 6.75. The van der Waals surface area contributed by atoms with Crippen LogP contribution in [0.3, 0.4) is 0 Å². The average Bonchev–Trinajstić information content (AvgIpc) is 3.26. The number of rotatable bonds is 12. The summed E-state index contributed by atoms with van der Waals surface area (Å²) >= 11 is 0. The molecular formula is C35H60N2O2. The van der Waals surface area contributed by atoms with Crippen LogP contribution in [0.2, 0.25) is 0 Å². The minimum Gasteiger partial charge on any atom is -0.492 e. The Hall–Kier alpha value is -1.39. The van der Waals surface area contributed by atoms with Gasteiger partial charge in [-0.1, -0.05) is 61.0 Å². The predicted octanol–water partition coefficient (Wildman–Crippen LogP) is 8.90. The maximum Gasteiger partial charge on any atom is 0.137 e. The van der Waals surface area contributed by atoms with Crippen molar-refractivity contribution in [1.82, 2.24) is 10.3 Å². The average molecular weight is 541 g/mol. The smallest absolute Gasteiger partial charge is 0.137 e. The number of hydrogen-bond donors (Lipinski definition) is 2. The molecule has 3 aliphatic carbocycles. The van der Waals surface area contributed by atoms with E-state index in [9.17, 15) is 5.11 Å². The number of nitrogens with zero attached hydrogens (tertiary/aromatic N) is 1. The molecule has 0 spiro atoms. The number of ether oxygens (including phenoxy) is 1. The van der Waals surface area contributed by atoms with Gasteiger partial charge in [0.05, 0.1) is 18.9 Å². The summed E-state index contributed by atoms with van der Waals surface area (Å²) in [4.78, 5) is 4.49. The molecule has 4 rings (SSSR count). The molecule has 39 heavy (non-hydrogen) atoms. The zero-order valence-electron chi connectivity index (χ0n) is 26.3. The van der Waals surface area contributed by atoms with Crippen molar-refractivity contribution < 1.29 is 9.84 Å². The van der Waals surface area contributed by atoms with Crippen LogP contribution in [0.15, 0.2) is 31.1 Å². The highest BCUT2D eigenvalue weighted by atomic mass is 16.5. The van der Waals surface area contributed by atoms with Gasteiger partial charge in [0.25, 0.3) is 0 Å². The lowest BCUT2D eigenvalue weighted by molar-refractivity contribution is -0.123. The SMILES string of the molecule is C=CCC1CCC2C(CC[C@]3(CCOc4cncc(C(CC)NC(C)C)c4)C(O)CCC23)[C@@]1(C)CCC.CC. The monoisotopic (exact) mass is 540 g/mol. The summed E-state index contributed by atoms with van der Waals surface area (Å²) in [5, 5.41) is 15.0. The van der Waals surface area contributed by atoms with Gasteiger partial charge in [-0.2, -0.15) is 0 Å². The van der Waals surface area contributed by atoms with Crippen molar-refractivity contribution in [3.63, 3.8) is 0 Å². The lowest BCUT2D eigenvalue weighted by Gasteiger charge is -2.59. The third-order valence-corrected chi connectivity index (χ3v) is 10.9. The Morgan fingerprint density at radius 2 is 1.87 bits per heavy atom. The van der Waals surface area contributed by atoms with Crippen LogP contribution in [-0.4, -0.2) is 28.8 Å². The lowest BCUT2D eigenvalue weighted by atomic mass is 9.46. The topological polar surface area (TPSA) is 54.4 Å². The zero-order chi connectivity index (χ0) is 28.6. The number of aliphatic hydroxyl groups is 1. The van der Waals surface area contributed by atoms with E-state index in [4.69, 9.17) is 4.74 Å². The van der Waals surface area contributed by atoms with Crippen molar-refractivity contribution in [3.8, 4) is 5.75 Å². The number of fused-ring (bicyclic) bond motifs is 3. The normalized spacial score (nSPS) is 34.4. The quantitative estimate of drug-likeness (QED) is 0.260. The van der Waals surface area contributed by atoms with E-state index in [1.807, 2.05) is 26.2 Å². The molecule has 2 N–H and O–H groups in total. The molecule has 3 saturated carbocycles. The Morgan fingerprint density at radius 3 is 2.54 bits per heavy atom. The molecule has 4 nitrogen and oxygen atoms in total. The van der Waals surface area contributed by atoms with E-state index in [1.165, 1.54) is 44.1 Å². The molecule has 3 fully saturated rings. The van der Waals surface area contributed by atoms with Gasteiger partial charge in [-0.25, -0.2) is 0 Å². The first-order valence-electron chi connectivity index (χ1n) is 16.4. The van der Waals surface area contributed by atoms with Crippen LogP contribution in [0.4, 0.5) is 0 Å². The van der Waals surface area contributed by atoms with Crippen molar-refractivity contribution in [2.45, 2.75) is 137 Å². The number of allylic oxidation sites excluding steroid dienone is 1. The zero-order valence-corrected chi connectivity index (χ0v) is 26.3. The largest absolute Gasteiger partial charge is 0.492 e. The summed E-state index contributed by atoms with van der Waals surface area (Å²) < 4.78 is 6.35. The first kappa shape index (κ1) is 32.1. The number of aromatic nitrogens is 1. The van der Waals surface area contributed by atoms with Gasteiger partial charge in [0.1, 0.15) is 5.75 Å². The van der Waals surface area contributed by atoms with Gasteiger partial charge in [-0.3, -0.25) is 4.98 Å². The van der Waals surface area contributed by atoms with E-state index >= 15 is 0 Å². The summed E-state index contributed by atoms with van der Waals surface area (Å²) in [6, 6.07) is 2.88. The highest BCUT2D eigenvalue weighted by Crippen LogP contribution is 2.66. The first-order valence-corrected chi connectivity index (χ1v) is 16.4. The third-order valence-electron chi connectivity index (χ3n) is 10.9. The number of hydrogen-bond acceptors (Lipinski definition) is 4. The molecule has 0 bridgehead atoms. The van der Waals surface area contributed by atoms with Gasteiger partial charge in [0.15, 0.2) is 0 Å². The Labute approximate surface area is 240 Å². The van der Waals surface area contributed by atoms with E-state index in [1.54, 1.807) is 0 Å². The number of aliphatic hydroxyl groups excluding tert-OH is 1. The van der Waals surface area contributed by atoms with E-state index in [2.05, 4.69) is 63.6 Å². The Morgan fingerprint density at radius 1 is 1.10 bits per heavy atom. The fourth-order valence-electron chi connectivity index (χ4n) is 9.23. The molecule has 6 unspecified atom stereocenters. The molecule has 0 aromatic carbocycles. The standard InChI is InChI=1S/C33H54N2O2.C2H6/c1-7-10-25-11-12-27-28(32(25,6)16-8-2)15-17-33(29(27)13-14-31(33)36)18-19-37-26-20-24(21-34-22-26)30(9-3)35-23(4)5;1-2/h7,20-23,25,27-31,35-36H,1,8-19H2,2-6H3;1-2H3/t25?,27?,28?,29?,30?,31?,32-,33+;/m0./s1. The van der Waals surface area contributed by atoms with Crippen LogP contribution in [0.5, 0.6) is 5.75 Å². The van der Waals surface area contributed by atoms with Crippen LogP contribution >= 0.6 is 0 Å². The summed E-state index contributed by atoms with van der Waals surface area (Å²) in [6.07, 6.45) is 18.7. The minimum absolute atomic E-state index is 0.0236. The minimum atomic E-state index is -0.186. The van der Waals surface area contributed by atoms with Crippen molar-refractivity contribution >= 4 is 0 Å². The van der Waals surface area contributed by atoms with Crippen molar-refractivity contribution in [2.75, 3.05) is 6.61 Å². The van der Waals surface area contributed by atoms with Crippen LogP contribution in [0.1, 0.15) is 131 Å². The molecule has 1 heterocycles. The van der Waals surface area contributed by atoms with E-state index in [-0.39, 0.29) is 11.5 Å². The molecule has 3 aliphatic rings. The van der Waals surface area contributed by atoms with Crippen LogP contribution in [0.25, 0.3) is 0 Å². The Bertz CT molecular complexity index is 887. The van der Waals surface area contributed by atoms with Crippen molar-refractivity contribution in [2.24, 2.45) is 34.5 Å². The van der Waals surface area contributed by atoms with Gasteiger partial charge in [0, 0.05) is 23.7 Å². The molecular weight excluding hydrogens is 480 g/mol. The molecule has 0 radical (unpaired) electrons. The van der Waals surface area contributed by atoms with Crippen molar-refractivity contribution in [3.05, 3.63) is 36.7 Å². The van der Waals surface area contributed by atoms with Gasteiger partial charge in [-0.05, 0) is 105 Å². The summed E-state index contributed by atoms with van der Waals surface area (Å²) in [6.45, 7) is 20.3. The Balaban J connectivity index is 0.00000205. The lowest BCUT2D eigenvalue weighted by Crippen LogP contribution is -2.53. The van der Waals surface area contributed by atoms with Crippen LogP contribution in [-0.2, 0) is 0 Å². The van der Waals surface area contributed by atoms with Crippen LogP contribution in [0, 0.1) is 34.5 Å². The van der Waals surface area contributed by atoms with E-state index in [0.717, 1.165) is 55.6 Å². The Kier molecular flexibility index (Phi) is 11.9. The molecule has 0 aliphatic heterocycles. The second-order valence-electron chi connectivity index (χ2n) is 13.1. The molecule has 0 amide bonds. The fourth-order valence-corrected chi connectivity index (χ4v) is 9.23. The van der Waals surface area contributed by atoms with Crippen molar-refractivity contribution in [1.29, 1.82) is 0 Å². The van der Waals surface area contributed by atoms with Gasteiger partial charge < -0.3 is 15.2 Å². The van der Waals surface area contributed by atoms with Crippen LogP contribution < -0.4 is 10.1 Å². The summed E-state index contributed by atoms with van der Waals surface area (Å²) in [5.41, 5.74) is 1.63. The second kappa shape index (κ2) is 14.5. The highest BCUT2D eigenvalue weighted by Gasteiger charge is 2.60. The molecule has 0 saturated heterocycles. The van der Waals surface area contributed by atoms with Gasteiger partial charge in [-0.15, -0.1) is 6.58 Å². The summed E-state index contributed by atoms with van der Waals surface area (Å²) in [7, 11) is 0. The van der Waals surface area contributed by atoms with Gasteiger partial charge in [0.2, 0.25) is 0 Å². The van der Waals surface area contributed by atoms with Gasteiger partial charge >= 0.3 is 0 Å². The summed E-state index contributed by atoms with van der Waals surface area (Å²) in [5.74, 6) is 3.80. The fraction of sp³-hybridized carbons (Fsp3) is 0.800. The van der Waals surface area contributed by atoms with E-state index < -0.39 is 0 Å².